The molecular formula is C13H22N4O3. The van der Waals surface area contributed by atoms with Crippen LogP contribution in [0.1, 0.15) is 13.8 Å². The number of carboxylic acid groups (broad SMARTS) is 1. The zero-order chi connectivity index (χ0) is 15.7. The van der Waals surface area contributed by atoms with E-state index in [-0.39, 0.29) is 11.5 Å². The molecule has 0 bridgehead atoms. The summed E-state index contributed by atoms with van der Waals surface area (Å²) in [5, 5.41) is 23.1. The lowest BCUT2D eigenvalue weighted by Crippen LogP contribution is -2.44. The molecule has 0 saturated heterocycles. The molecule has 0 spiro atoms. The first-order valence-electron chi connectivity index (χ1n) is 6.31. The quantitative estimate of drug-likeness (QED) is 0.323. The fourth-order valence-electron chi connectivity index (χ4n) is 1.34. The van der Waals surface area contributed by atoms with Crippen LogP contribution in [-0.4, -0.2) is 55.1 Å². The minimum Gasteiger partial charge on any atom is -0.480 e. The van der Waals surface area contributed by atoms with Gasteiger partial charge in [-0.3, -0.25) is 4.79 Å². The van der Waals surface area contributed by atoms with E-state index >= 15 is 0 Å². The lowest BCUT2D eigenvalue weighted by molar-refractivity contribution is -0.142. The maximum Gasteiger partial charge on any atom is 0.326 e. The number of nitriles is 1. The van der Waals surface area contributed by atoms with Crippen LogP contribution in [0.15, 0.2) is 11.8 Å². The van der Waals surface area contributed by atoms with Crippen LogP contribution in [0, 0.1) is 17.2 Å². The predicted molar refractivity (Wildman–Crippen MR) is 74.7 cm³/mol. The summed E-state index contributed by atoms with van der Waals surface area (Å²) in [5.74, 6) is -2.07. The van der Waals surface area contributed by atoms with Gasteiger partial charge in [0.2, 0.25) is 0 Å². The monoisotopic (exact) mass is 282 g/mol. The van der Waals surface area contributed by atoms with Crippen LogP contribution in [0.2, 0.25) is 0 Å². The Labute approximate surface area is 119 Å². The third kappa shape index (κ3) is 6.75. The van der Waals surface area contributed by atoms with E-state index in [2.05, 4.69) is 10.6 Å². The Bertz CT molecular complexity index is 410. The normalized spacial score (nSPS) is 12.9. The molecule has 0 aromatic heterocycles. The highest BCUT2D eigenvalue weighted by Gasteiger charge is 2.24. The van der Waals surface area contributed by atoms with Crippen molar-refractivity contribution in [2.24, 2.45) is 5.92 Å². The lowest BCUT2D eigenvalue weighted by Gasteiger charge is -2.17. The molecule has 0 aromatic carbocycles. The van der Waals surface area contributed by atoms with Crippen molar-refractivity contribution in [3.8, 4) is 6.07 Å². The van der Waals surface area contributed by atoms with Gasteiger partial charge < -0.3 is 20.6 Å². The van der Waals surface area contributed by atoms with Gasteiger partial charge in [-0.25, -0.2) is 4.79 Å². The third-order valence-corrected chi connectivity index (χ3v) is 2.53. The molecule has 1 atom stereocenters. The standard InChI is InChI=1S/C13H22N4O3/c1-9(2)11(13(19)20)16-12(18)10(7-14)8-15-5-6-17(3)4/h8-9,11,15H,5-6H2,1-4H3,(H,16,18)(H,19,20)/b10-8-. The molecule has 0 rings (SSSR count). The van der Waals surface area contributed by atoms with E-state index in [1.807, 2.05) is 19.0 Å². The first-order chi connectivity index (χ1) is 9.29. The summed E-state index contributed by atoms with van der Waals surface area (Å²) >= 11 is 0. The van der Waals surface area contributed by atoms with E-state index in [4.69, 9.17) is 10.4 Å². The highest BCUT2D eigenvalue weighted by molar-refractivity contribution is 5.99. The summed E-state index contributed by atoms with van der Waals surface area (Å²) in [6, 6.07) is 0.740. The number of aliphatic carboxylic acids is 1. The first-order valence-corrected chi connectivity index (χ1v) is 6.31. The van der Waals surface area contributed by atoms with Gasteiger partial charge in [-0.2, -0.15) is 5.26 Å². The summed E-state index contributed by atoms with van der Waals surface area (Å²) in [5.41, 5.74) is -0.143. The molecule has 1 amide bonds. The molecule has 0 saturated carbocycles. The second kappa shape index (κ2) is 8.93. The fraction of sp³-hybridized carbons (Fsp3) is 0.615. The molecule has 0 aliphatic carbocycles. The van der Waals surface area contributed by atoms with Crippen molar-refractivity contribution in [3.63, 3.8) is 0 Å². The second-order valence-electron chi connectivity index (χ2n) is 4.96. The summed E-state index contributed by atoms with van der Waals surface area (Å²) in [6.07, 6.45) is 1.30. The van der Waals surface area contributed by atoms with Crippen molar-refractivity contribution < 1.29 is 14.7 Å². The summed E-state index contributed by atoms with van der Waals surface area (Å²) < 4.78 is 0. The topological polar surface area (TPSA) is 105 Å². The van der Waals surface area contributed by atoms with Crippen molar-refractivity contribution >= 4 is 11.9 Å². The molecular weight excluding hydrogens is 260 g/mol. The summed E-state index contributed by atoms with van der Waals surface area (Å²) in [7, 11) is 3.81. The Hall–Kier alpha value is -2.07. The number of nitrogens with one attached hydrogen (secondary N) is 2. The number of amides is 1. The molecule has 0 radical (unpaired) electrons. The van der Waals surface area contributed by atoms with Gasteiger partial charge in [0.1, 0.15) is 17.7 Å². The van der Waals surface area contributed by atoms with Gasteiger partial charge in [-0.05, 0) is 20.0 Å². The van der Waals surface area contributed by atoms with Crippen LogP contribution < -0.4 is 10.6 Å². The van der Waals surface area contributed by atoms with Crippen LogP contribution in [0.3, 0.4) is 0 Å². The maximum atomic E-state index is 11.8. The number of carboxylic acids is 1. The molecule has 3 N–H and O–H groups in total. The van der Waals surface area contributed by atoms with Gasteiger partial charge in [0, 0.05) is 19.3 Å². The molecule has 0 heterocycles. The van der Waals surface area contributed by atoms with Crippen LogP contribution in [0.25, 0.3) is 0 Å². The molecule has 0 aliphatic heterocycles. The van der Waals surface area contributed by atoms with E-state index in [1.165, 1.54) is 6.20 Å². The van der Waals surface area contributed by atoms with Crippen molar-refractivity contribution in [1.29, 1.82) is 5.26 Å². The van der Waals surface area contributed by atoms with Crippen LogP contribution in [0.5, 0.6) is 0 Å². The average Bonchev–Trinajstić information content (AvgIpc) is 2.34. The Kier molecular flexibility index (Phi) is 8.01. The van der Waals surface area contributed by atoms with Gasteiger partial charge in [-0.1, -0.05) is 13.8 Å². The Morgan fingerprint density at radius 2 is 2.00 bits per heavy atom. The number of carbonyl (C=O) groups excluding carboxylic acids is 1. The number of nitrogens with zero attached hydrogens (tertiary/aromatic N) is 2. The molecule has 0 fully saturated rings. The second-order valence-corrected chi connectivity index (χ2v) is 4.96. The van der Waals surface area contributed by atoms with Crippen LogP contribution in [-0.2, 0) is 9.59 Å². The smallest absolute Gasteiger partial charge is 0.326 e. The molecule has 20 heavy (non-hydrogen) atoms. The molecule has 7 heteroatoms. The van der Waals surface area contributed by atoms with Crippen LogP contribution >= 0.6 is 0 Å². The van der Waals surface area contributed by atoms with E-state index in [0.29, 0.717) is 6.54 Å². The predicted octanol–water partition coefficient (Wildman–Crippen LogP) is -0.230. The number of rotatable bonds is 8. The van der Waals surface area contributed by atoms with E-state index in [1.54, 1.807) is 19.9 Å². The third-order valence-electron chi connectivity index (χ3n) is 2.53. The lowest BCUT2D eigenvalue weighted by atomic mass is 10.0. The minimum absolute atomic E-state index is 0.143. The number of carbonyl (C=O) groups is 2. The largest absolute Gasteiger partial charge is 0.480 e. The summed E-state index contributed by atoms with van der Waals surface area (Å²) in [4.78, 5) is 24.7. The Balaban J connectivity index is 4.58. The van der Waals surface area contributed by atoms with Crippen molar-refractivity contribution in [3.05, 3.63) is 11.8 Å². The molecule has 7 nitrogen and oxygen atoms in total. The molecule has 1 unspecified atom stereocenters. The summed E-state index contributed by atoms with van der Waals surface area (Å²) in [6.45, 7) is 4.70. The maximum absolute atomic E-state index is 11.8. The zero-order valence-corrected chi connectivity index (χ0v) is 12.3. The van der Waals surface area contributed by atoms with E-state index < -0.39 is 17.9 Å². The Morgan fingerprint density at radius 1 is 1.40 bits per heavy atom. The highest BCUT2D eigenvalue weighted by Crippen LogP contribution is 2.03. The van der Waals surface area contributed by atoms with Crippen LogP contribution in [0.4, 0.5) is 0 Å². The Morgan fingerprint density at radius 3 is 2.40 bits per heavy atom. The van der Waals surface area contributed by atoms with Crippen molar-refractivity contribution in [2.45, 2.75) is 19.9 Å². The number of hydrogen-bond acceptors (Lipinski definition) is 5. The fourth-order valence-corrected chi connectivity index (χ4v) is 1.34. The molecule has 112 valence electrons. The van der Waals surface area contributed by atoms with Crippen molar-refractivity contribution in [1.82, 2.24) is 15.5 Å². The zero-order valence-electron chi connectivity index (χ0n) is 12.3. The van der Waals surface area contributed by atoms with Gasteiger partial charge in [0.05, 0.1) is 0 Å². The van der Waals surface area contributed by atoms with E-state index in [0.717, 1.165) is 6.54 Å². The number of hydrogen-bond donors (Lipinski definition) is 3. The number of likely N-dealkylation sites (N-methyl/N-ethyl adjacent to an activating group) is 1. The minimum atomic E-state index is -1.12. The average molecular weight is 282 g/mol. The first kappa shape index (κ1) is 17.9. The highest BCUT2D eigenvalue weighted by atomic mass is 16.4. The SMILES string of the molecule is CC(C)C(NC(=O)/C(C#N)=C\NCCN(C)C)C(=O)O. The molecule has 0 aliphatic rings. The van der Waals surface area contributed by atoms with Gasteiger partial charge >= 0.3 is 5.97 Å². The van der Waals surface area contributed by atoms with Crippen molar-refractivity contribution in [2.75, 3.05) is 27.2 Å². The van der Waals surface area contributed by atoms with Gasteiger partial charge in [-0.15, -0.1) is 0 Å². The van der Waals surface area contributed by atoms with E-state index in [9.17, 15) is 9.59 Å². The molecule has 0 aromatic rings. The van der Waals surface area contributed by atoms with Gasteiger partial charge in [0.25, 0.3) is 5.91 Å². The van der Waals surface area contributed by atoms with Gasteiger partial charge in [0.15, 0.2) is 0 Å².